The van der Waals surface area contributed by atoms with Crippen molar-refractivity contribution in [1.29, 1.82) is 0 Å². The molecule has 0 unspecified atom stereocenters. The third-order valence-corrected chi connectivity index (χ3v) is 3.89. The zero-order chi connectivity index (χ0) is 18.4. The molecule has 3 aromatic carbocycles. The minimum Gasteiger partial charge on any atom is -0.457 e. The summed E-state index contributed by atoms with van der Waals surface area (Å²) >= 11 is 0. The molecule has 0 aromatic heterocycles. The monoisotopic (exact) mass is 346 g/mol. The standard InChI is InChI=1S/C22H18O4/c1-16-9-5-6-12-18(16)22(24)26-20-14-8-7-13-19(20)21(23)25-15-17-10-3-2-4-11-17/h2-14H,15H2,1H3. The average molecular weight is 346 g/mol. The molecule has 0 aliphatic rings. The molecule has 0 fully saturated rings. The Hall–Kier alpha value is -3.40. The summed E-state index contributed by atoms with van der Waals surface area (Å²) in [4.78, 5) is 24.8. The molecule has 0 saturated heterocycles. The number of aryl methyl sites for hydroxylation is 1. The van der Waals surface area contributed by atoms with Gasteiger partial charge in [0.05, 0.1) is 5.56 Å². The fourth-order valence-electron chi connectivity index (χ4n) is 2.48. The molecule has 4 heteroatoms. The second-order valence-electron chi connectivity index (χ2n) is 5.76. The third kappa shape index (κ3) is 4.16. The summed E-state index contributed by atoms with van der Waals surface area (Å²) < 4.78 is 10.8. The Morgan fingerprint density at radius 2 is 1.35 bits per heavy atom. The fourth-order valence-corrected chi connectivity index (χ4v) is 2.48. The Labute approximate surface area is 152 Å². The molecule has 0 spiro atoms. The number of esters is 2. The number of benzene rings is 3. The lowest BCUT2D eigenvalue weighted by atomic mass is 10.1. The van der Waals surface area contributed by atoms with E-state index < -0.39 is 11.9 Å². The molecule has 3 rings (SSSR count). The van der Waals surface area contributed by atoms with Crippen molar-refractivity contribution in [3.05, 3.63) is 101 Å². The van der Waals surface area contributed by atoms with Gasteiger partial charge in [-0.15, -0.1) is 0 Å². The smallest absolute Gasteiger partial charge is 0.343 e. The van der Waals surface area contributed by atoms with Gasteiger partial charge < -0.3 is 9.47 Å². The lowest BCUT2D eigenvalue weighted by Gasteiger charge is -2.11. The van der Waals surface area contributed by atoms with Gasteiger partial charge >= 0.3 is 11.9 Å². The zero-order valence-corrected chi connectivity index (χ0v) is 14.3. The Balaban J connectivity index is 1.74. The predicted octanol–water partition coefficient (Wildman–Crippen LogP) is 4.57. The van der Waals surface area contributed by atoms with Gasteiger partial charge in [-0.2, -0.15) is 0 Å². The molecule has 3 aromatic rings. The average Bonchev–Trinajstić information content (AvgIpc) is 2.67. The summed E-state index contributed by atoms with van der Waals surface area (Å²) in [6, 6.07) is 23.1. The van der Waals surface area contributed by atoms with E-state index in [1.54, 1.807) is 36.4 Å². The summed E-state index contributed by atoms with van der Waals surface area (Å²) in [5, 5.41) is 0. The van der Waals surface area contributed by atoms with E-state index in [0.29, 0.717) is 5.56 Å². The number of ether oxygens (including phenoxy) is 2. The minimum atomic E-state index is -0.540. The molecule has 0 aliphatic carbocycles. The number of hydrogen-bond donors (Lipinski definition) is 0. The summed E-state index contributed by atoms with van der Waals surface area (Å²) in [6.45, 7) is 1.98. The van der Waals surface area contributed by atoms with Crippen molar-refractivity contribution in [2.24, 2.45) is 0 Å². The van der Waals surface area contributed by atoms with Gasteiger partial charge in [0.25, 0.3) is 0 Å². The minimum absolute atomic E-state index is 0.153. The van der Waals surface area contributed by atoms with E-state index in [-0.39, 0.29) is 17.9 Å². The Morgan fingerprint density at radius 3 is 2.08 bits per heavy atom. The number of rotatable bonds is 5. The molecule has 0 atom stereocenters. The van der Waals surface area contributed by atoms with Crippen LogP contribution in [0.1, 0.15) is 31.8 Å². The normalized spacial score (nSPS) is 10.2. The van der Waals surface area contributed by atoms with Crippen LogP contribution in [0.25, 0.3) is 0 Å². The van der Waals surface area contributed by atoms with Crippen LogP contribution in [0.5, 0.6) is 5.75 Å². The highest BCUT2D eigenvalue weighted by Crippen LogP contribution is 2.21. The second-order valence-corrected chi connectivity index (χ2v) is 5.76. The lowest BCUT2D eigenvalue weighted by molar-refractivity contribution is 0.0467. The van der Waals surface area contributed by atoms with Crippen molar-refractivity contribution in [2.45, 2.75) is 13.5 Å². The summed E-state index contributed by atoms with van der Waals surface area (Å²) in [5.41, 5.74) is 2.36. The van der Waals surface area contributed by atoms with E-state index in [1.165, 1.54) is 0 Å². The molecule has 0 amide bonds. The van der Waals surface area contributed by atoms with Crippen LogP contribution in [-0.4, -0.2) is 11.9 Å². The first-order valence-electron chi connectivity index (χ1n) is 8.23. The van der Waals surface area contributed by atoms with Crippen LogP contribution >= 0.6 is 0 Å². The quantitative estimate of drug-likeness (QED) is 0.501. The van der Waals surface area contributed by atoms with Crippen molar-refractivity contribution < 1.29 is 19.1 Å². The molecule has 0 bridgehead atoms. The summed E-state index contributed by atoms with van der Waals surface area (Å²) in [7, 11) is 0. The summed E-state index contributed by atoms with van der Waals surface area (Å²) in [6.07, 6.45) is 0. The highest BCUT2D eigenvalue weighted by Gasteiger charge is 2.18. The van der Waals surface area contributed by atoms with Crippen LogP contribution in [0.3, 0.4) is 0 Å². The number of carbonyl (C=O) groups excluding carboxylic acids is 2. The first-order chi connectivity index (χ1) is 12.6. The van der Waals surface area contributed by atoms with Crippen molar-refractivity contribution >= 4 is 11.9 Å². The largest absolute Gasteiger partial charge is 0.457 e. The number of hydrogen-bond acceptors (Lipinski definition) is 4. The first-order valence-corrected chi connectivity index (χ1v) is 8.23. The van der Waals surface area contributed by atoms with Crippen molar-refractivity contribution in [2.75, 3.05) is 0 Å². The molecule has 26 heavy (non-hydrogen) atoms. The van der Waals surface area contributed by atoms with Gasteiger partial charge in [0.2, 0.25) is 0 Å². The van der Waals surface area contributed by atoms with Gasteiger partial charge in [0.1, 0.15) is 17.9 Å². The van der Waals surface area contributed by atoms with Crippen molar-refractivity contribution in [1.82, 2.24) is 0 Å². The van der Waals surface area contributed by atoms with E-state index in [9.17, 15) is 9.59 Å². The maximum absolute atomic E-state index is 12.4. The van der Waals surface area contributed by atoms with Crippen LogP contribution in [0.15, 0.2) is 78.9 Å². The Bertz CT molecular complexity index is 916. The SMILES string of the molecule is Cc1ccccc1C(=O)Oc1ccccc1C(=O)OCc1ccccc1. The zero-order valence-electron chi connectivity index (χ0n) is 14.3. The highest BCUT2D eigenvalue weighted by molar-refractivity contribution is 5.96. The van der Waals surface area contributed by atoms with Gasteiger partial charge in [-0.05, 0) is 36.2 Å². The van der Waals surface area contributed by atoms with Crippen LogP contribution in [0.4, 0.5) is 0 Å². The second kappa shape index (κ2) is 8.12. The van der Waals surface area contributed by atoms with Crippen LogP contribution in [0.2, 0.25) is 0 Å². The van der Waals surface area contributed by atoms with E-state index in [4.69, 9.17) is 9.47 Å². The molecule has 0 heterocycles. The van der Waals surface area contributed by atoms with Crippen LogP contribution < -0.4 is 4.74 Å². The van der Waals surface area contributed by atoms with Gasteiger partial charge in [-0.3, -0.25) is 0 Å². The van der Waals surface area contributed by atoms with E-state index in [2.05, 4.69) is 0 Å². The van der Waals surface area contributed by atoms with Gasteiger partial charge in [-0.25, -0.2) is 9.59 Å². The topological polar surface area (TPSA) is 52.6 Å². The molecular formula is C22H18O4. The predicted molar refractivity (Wildman–Crippen MR) is 98.1 cm³/mol. The highest BCUT2D eigenvalue weighted by atomic mass is 16.5. The van der Waals surface area contributed by atoms with Gasteiger partial charge in [0.15, 0.2) is 0 Å². The molecule has 130 valence electrons. The van der Waals surface area contributed by atoms with E-state index in [0.717, 1.165) is 11.1 Å². The molecule has 0 N–H and O–H groups in total. The van der Waals surface area contributed by atoms with Crippen molar-refractivity contribution in [3.8, 4) is 5.75 Å². The van der Waals surface area contributed by atoms with Crippen LogP contribution in [-0.2, 0) is 11.3 Å². The third-order valence-electron chi connectivity index (χ3n) is 3.89. The first kappa shape index (κ1) is 17.4. The maximum Gasteiger partial charge on any atom is 0.343 e. The van der Waals surface area contributed by atoms with Crippen molar-refractivity contribution in [3.63, 3.8) is 0 Å². The molecular weight excluding hydrogens is 328 g/mol. The van der Waals surface area contributed by atoms with E-state index in [1.807, 2.05) is 49.4 Å². The van der Waals surface area contributed by atoms with Crippen LogP contribution in [0, 0.1) is 6.92 Å². The Kier molecular flexibility index (Phi) is 5.44. The molecule has 0 saturated carbocycles. The molecule has 4 nitrogen and oxygen atoms in total. The fraction of sp³-hybridized carbons (Fsp3) is 0.0909. The van der Waals surface area contributed by atoms with Gasteiger partial charge in [-0.1, -0.05) is 60.7 Å². The van der Waals surface area contributed by atoms with Gasteiger partial charge in [0, 0.05) is 0 Å². The maximum atomic E-state index is 12.4. The number of para-hydroxylation sites is 1. The lowest BCUT2D eigenvalue weighted by Crippen LogP contribution is -2.14. The molecule has 0 aliphatic heterocycles. The summed E-state index contributed by atoms with van der Waals surface area (Å²) in [5.74, 6) is -0.868. The Morgan fingerprint density at radius 1 is 0.731 bits per heavy atom. The van der Waals surface area contributed by atoms with E-state index >= 15 is 0 Å². The number of carbonyl (C=O) groups is 2. The molecule has 0 radical (unpaired) electrons.